The summed E-state index contributed by atoms with van der Waals surface area (Å²) in [6, 6.07) is 2.41. The van der Waals surface area contributed by atoms with Crippen LogP contribution in [-0.2, 0) is 0 Å². The molecule has 3 N–H and O–H groups in total. The first-order valence-corrected chi connectivity index (χ1v) is 7.41. The van der Waals surface area contributed by atoms with Gasteiger partial charge in [0, 0.05) is 28.3 Å². The topological polar surface area (TPSA) is 50.9 Å². The van der Waals surface area contributed by atoms with Crippen LogP contribution in [0.4, 0.5) is 5.82 Å². The molecule has 1 rings (SSSR count). The summed E-state index contributed by atoms with van der Waals surface area (Å²) in [5.41, 5.74) is 8.27. The maximum absolute atomic E-state index is 6.00. The van der Waals surface area contributed by atoms with E-state index >= 15 is 0 Å². The fraction of sp³-hybridized carbons (Fsp3) is 0.643. The van der Waals surface area contributed by atoms with Crippen molar-refractivity contribution in [1.82, 2.24) is 10.3 Å². The lowest BCUT2D eigenvalue weighted by Crippen LogP contribution is -2.26. The van der Waals surface area contributed by atoms with Crippen LogP contribution in [0.2, 0.25) is 0 Å². The molecule has 0 fully saturated rings. The molecule has 1 heterocycles. The van der Waals surface area contributed by atoms with E-state index in [9.17, 15) is 0 Å². The van der Waals surface area contributed by atoms with Crippen molar-refractivity contribution in [3.05, 3.63) is 23.4 Å². The Kier molecular flexibility index (Phi) is 5.47. The zero-order chi connectivity index (χ0) is 13.8. The third-order valence-corrected chi connectivity index (χ3v) is 3.96. The number of nitrogens with two attached hydrogens (primary N) is 1. The molecule has 0 aliphatic carbocycles. The maximum Gasteiger partial charge on any atom is 0.128 e. The van der Waals surface area contributed by atoms with Gasteiger partial charge in [-0.2, -0.15) is 11.8 Å². The summed E-state index contributed by atoms with van der Waals surface area (Å²) >= 11 is 1.95. The minimum Gasteiger partial charge on any atom is -0.383 e. The lowest BCUT2D eigenvalue weighted by atomic mass is 10.1. The summed E-state index contributed by atoms with van der Waals surface area (Å²) in [4.78, 5) is 4.25. The molecule has 1 aromatic heterocycles. The van der Waals surface area contributed by atoms with Gasteiger partial charge in [-0.25, -0.2) is 4.98 Å². The zero-order valence-corrected chi connectivity index (χ0v) is 12.9. The molecular weight excluding hydrogens is 242 g/mol. The molecule has 0 radical (unpaired) electrons. The Morgan fingerprint density at radius 2 is 2.11 bits per heavy atom. The van der Waals surface area contributed by atoms with Gasteiger partial charge in [-0.1, -0.05) is 27.7 Å². The SMILES string of the molecule is CCNC(CSC(C)(C)C)c1cc(C)cnc1N. The second-order valence-corrected chi connectivity index (χ2v) is 7.37. The number of nitrogens with zero attached hydrogens (tertiary/aromatic N) is 1. The molecule has 18 heavy (non-hydrogen) atoms. The van der Waals surface area contributed by atoms with Gasteiger partial charge in [-0.3, -0.25) is 0 Å². The molecule has 1 unspecified atom stereocenters. The lowest BCUT2D eigenvalue weighted by molar-refractivity contribution is 0.602. The second kappa shape index (κ2) is 6.43. The fourth-order valence-electron chi connectivity index (χ4n) is 1.72. The van der Waals surface area contributed by atoms with E-state index in [0.29, 0.717) is 5.82 Å². The van der Waals surface area contributed by atoms with Crippen LogP contribution in [0.25, 0.3) is 0 Å². The molecule has 0 amide bonds. The summed E-state index contributed by atoms with van der Waals surface area (Å²) in [5, 5.41) is 3.50. The van der Waals surface area contributed by atoms with Gasteiger partial charge in [-0.05, 0) is 25.1 Å². The van der Waals surface area contributed by atoms with Gasteiger partial charge >= 0.3 is 0 Å². The Bertz CT molecular complexity index is 385. The average Bonchev–Trinajstić information content (AvgIpc) is 2.26. The summed E-state index contributed by atoms with van der Waals surface area (Å²) in [7, 11) is 0. The number of hydrogen-bond donors (Lipinski definition) is 2. The van der Waals surface area contributed by atoms with Crippen molar-refractivity contribution in [2.75, 3.05) is 18.0 Å². The highest BCUT2D eigenvalue weighted by Gasteiger charge is 2.18. The molecule has 0 aromatic carbocycles. The van der Waals surface area contributed by atoms with E-state index in [-0.39, 0.29) is 10.8 Å². The molecule has 102 valence electrons. The van der Waals surface area contributed by atoms with E-state index in [1.807, 2.05) is 18.0 Å². The Labute approximate surface area is 115 Å². The number of aryl methyl sites for hydroxylation is 1. The molecule has 1 atom stereocenters. The van der Waals surface area contributed by atoms with Crippen LogP contribution in [0.3, 0.4) is 0 Å². The Morgan fingerprint density at radius 3 is 2.67 bits per heavy atom. The van der Waals surface area contributed by atoms with E-state index in [4.69, 9.17) is 5.73 Å². The fourth-order valence-corrected chi connectivity index (χ4v) is 2.68. The highest BCUT2D eigenvalue weighted by atomic mass is 32.2. The normalized spacial score (nSPS) is 13.6. The van der Waals surface area contributed by atoms with Crippen molar-refractivity contribution >= 4 is 17.6 Å². The standard InChI is InChI=1S/C14H25N3S/c1-6-16-12(9-18-14(3,4)5)11-7-10(2)8-17-13(11)15/h7-8,12,16H,6,9H2,1-5H3,(H2,15,17). The first-order valence-electron chi connectivity index (χ1n) is 6.43. The first kappa shape index (κ1) is 15.3. The van der Waals surface area contributed by atoms with Crippen molar-refractivity contribution in [2.45, 2.75) is 45.4 Å². The van der Waals surface area contributed by atoms with Crippen LogP contribution in [0, 0.1) is 6.92 Å². The van der Waals surface area contributed by atoms with Crippen LogP contribution in [-0.4, -0.2) is 22.0 Å². The molecule has 1 aromatic rings. The number of thioether (sulfide) groups is 1. The molecule has 0 bridgehead atoms. The number of pyridine rings is 1. The summed E-state index contributed by atoms with van der Waals surface area (Å²) in [6.45, 7) is 11.8. The van der Waals surface area contributed by atoms with Crippen molar-refractivity contribution in [2.24, 2.45) is 0 Å². The second-order valence-electron chi connectivity index (χ2n) is 5.52. The van der Waals surface area contributed by atoms with Crippen molar-refractivity contribution in [1.29, 1.82) is 0 Å². The quantitative estimate of drug-likeness (QED) is 0.860. The number of aromatic nitrogens is 1. The van der Waals surface area contributed by atoms with Gasteiger partial charge in [0.2, 0.25) is 0 Å². The summed E-state index contributed by atoms with van der Waals surface area (Å²) in [6.07, 6.45) is 1.82. The van der Waals surface area contributed by atoms with Crippen molar-refractivity contribution in [3.63, 3.8) is 0 Å². The largest absolute Gasteiger partial charge is 0.383 e. The number of rotatable bonds is 5. The Hall–Kier alpha value is -0.740. The minimum atomic E-state index is 0.264. The number of nitrogens with one attached hydrogen (secondary N) is 1. The molecule has 0 saturated heterocycles. The van der Waals surface area contributed by atoms with Gasteiger partial charge < -0.3 is 11.1 Å². The summed E-state index contributed by atoms with van der Waals surface area (Å²) < 4.78 is 0.264. The Morgan fingerprint density at radius 1 is 1.44 bits per heavy atom. The predicted molar refractivity (Wildman–Crippen MR) is 82.0 cm³/mol. The van der Waals surface area contributed by atoms with Crippen LogP contribution in [0.1, 0.15) is 44.9 Å². The lowest BCUT2D eigenvalue weighted by Gasteiger charge is -2.24. The average molecular weight is 267 g/mol. The van der Waals surface area contributed by atoms with E-state index in [0.717, 1.165) is 23.4 Å². The highest BCUT2D eigenvalue weighted by Crippen LogP contribution is 2.30. The van der Waals surface area contributed by atoms with E-state index in [1.54, 1.807) is 0 Å². The number of anilines is 1. The predicted octanol–water partition coefficient (Wildman–Crippen LogP) is 3.15. The zero-order valence-electron chi connectivity index (χ0n) is 12.1. The molecule has 3 nitrogen and oxygen atoms in total. The first-order chi connectivity index (χ1) is 8.33. The van der Waals surface area contributed by atoms with Crippen molar-refractivity contribution < 1.29 is 0 Å². The molecule has 0 saturated carbocycles. The molecule has 0 aliphatic heterocycles. The maximum atomic E-state index is 6.00. The third kappa shape index (κ3) is 4.86. The van der Waals surface area contributed by atoms with Crippen LogP contribution in [0.5, 0.6) is 0 Å². The number of nitrogen functional groups attached to an aromatic ring is 1. The van der Waals surface area contributed by atoms with Gasteiger partial charge in [0.1, 0.15) is 5.82 Å². The van der Waals surface area contributed by atoms with Crippen LogP contribution < -0.4 is 11.1 Å². The monoisotopic (exact) mass is 267 g/mol. The van der Waals surface area contributed by atoms with Gasteiger partial charge in [0.05, 0.1) is 0 Å². The van der Waals surface area contributed by atoms with Crippen LogP contribution in [0.15, 0.2) is 12.3 Å². The van der Waals surface area contributed by atoms with E-state index in [2.05, 4.69) is 51.0 Å². The van der Waals surface area contributed by atoms with Crippen LogP contribution >= 0.6 is 11.8 Å². The van der Waals surface area contributed by atoms with Gasteiger partial charge in [-0.15, -0.1) is 0 Å². The smallest absolute Gasteiger partial charge is 0.128 e. The third-order valence-electron chi connectivity index (χ3n) is 2.60. The minimum absolute atomic E-state index is 0.264. The molecule has 0 spiro atoms. The molecule has 0 aliphatic rings. The van der Waals surface area contributed by atoms with E-state index < -0.39 is 0 Å². The molecular formula is C14H25N3S. The number of hydrogen-bond acceptors (Lipinski definition) is 4. The van der Waals surface area contributed by atoms with Gasteiger partial charge in [0.25, 0.3) is 0 Å². The highest BCUT2D eigenvalue weighted by molar-refractivity contribution is 8.00. The van der Waals surface area contributed by atoms with E-state index in [1.165, 1.54) is 0 Å². The van der Waals surface area contributed by atoms with Gasteiger partial charge in [0.15, 0.2) is 0 Å². The van der Waals surface area contributed by atoms with Crippen molar-refractivity contribution in [3.8, 4) is 0 Å². The summed E-state index contributed by atoms with van der Waals surface area (Å²) in [5.74, 6) is 1.65. The Balaban J connectivity index is 2.86. The molecule has 4 heteroatoms.